The predicted octanol–water partition coefficient (Wildman–Crippen LogP) is 4.06. The van der Waals surface area contributed by atoms with Gasteiger partial charge in [0.15, 0.2) is 0 Å². The van der Waals surface area contributed by atoms with Crippen molar-refractivity contribution < 1.29 is 0 Å². The van der Waals surface area contributed by atoms with Crippen LogP contribution in [0.4, 0.5) is 0 Å². The second-order valence-corrected chi connectivity index (χ2v) is 3.68. The van der Waals surface area contributed by atoms with Crippen molar-refractivity contribution in [2.24, 2.45) is 0 Å². The molecule has 0 radical (unpaired) electrons. The summed E-state index contributed by atoms with van der Waals surface area (Å²) in [7, 11) is 0. The molecule has 0 amide bonds. The van der Waals surface area contributed by atoms with E-state index < -0.39 is 0 Å². The van der Waals surface area contributed by atoms with Gasteiger partial charge in [-0.15, -0.1) is 0 Å². The average Bonchev–Trinajstić information content (AvgIpc) is 2.19. The summed E-state index contributed by atoms with van der Waals surface area (Å²) in [5.74, 6) is 0. The first-order valence-electron chi connectivity index (χ1n) is 4.14. The maximum absolute atomic E-state index is 5.79. The molecule has 0 aliphatic rings. The monoisotopic (exact) mass is 223 g/mol. The quantitative estimate of drug-likeness (QED) is 0.665. The molecule has 70 valence electrons. The van der Waals surface area contributed by atoms with E-state index in [1.807, 2.05) is 36.4 Å². The van der Waals surface area contributed by atoms with E-state index in [0.29, 0.717) is 5.15 Å². The summed E-state index contributed by atoms with van der Waals surface area (Å²) in [6.07, 6.45) is 0. The van der Waals surface area contributed by atoms with Crippen LogP contribution in [0, 0.1) is 0 Å². The van der Waals surface area contributed by atoms with Gasteiger partial charge in [-0.1, -0.05) is 41.4 Å². The minimum Gasteiger partial charge on any atom is -0.236 e. The molecule has 0 saturated carbocycles. The molecule has 2 rings (SSSR count). The summed E-state index contributed by atoms with van der Waals surface area (Å²) in [6.45, 7) is 0. The summed E-state index contributed by atoms with van der Waals surface area (Å²) < 4.78 is 0. The number of hydrogen-bond donors (Lipinski definition) is 0. The first-order valence-corrected chi connectivity index (χ1v) is 4.90. The number of rotatable bonds is 1. The molecule has 0 bridgehead atoms. The van der Waals surface area contributed by atoms with Crippen molar-refractivity contribution in [1.29, 1.82) is 0 Å². The summed E-state index contributed by atoms with van der Waals surface area (Å²) >= 11 is 11.6. The van der Waals surface area contributed by atoms with Crippen LogP contribution in [-0.2, 0) is 0 Å². The standard InChI is InChI=1S/C11H7Cl2N/c12-9-6-4-8(5-7-9)10-2-1-3-11(13)14-10/h1-7H. The van der Waals surface area contributed by atoms with Crippen molar-refractivity contribution in [2.75, 3.05) is 0 Å². The van der Waals surface area contributed by atoms with Crippen LogP contribution in [0.2, 0.25) is 10.2 Å². The van der Waals surface area contributed by atoms with Crippen molar-refractivity contribution in [3.05, 3.63) is 52.6 Å². The molecule has 0 N–H and O–H groups in total. The van der Waals surface area contributed by atoms with E-state index in [1.165, 1.54) is 0 Å². The van der Waals surface area contributed by atoms with Gasteiger partial charge in [-0.05, 0) is 24.3 Å². The third-order valence-corrected chi connectivity index (χ3v) is 2.32. The Kier molecular flexibility index (Phi) is 2.71. The molecule has 0 unspecified atom stereocenters. The van der Waals surface area contributed by atoms with Crippen LogP contribution in [-0.4, -0.2) is 4.98 Å². The molecule has 0 atom stereocenters. The Morgan fingerprint density at radius 3 is 2.21 bits per heavy atom. The maximum atomic E-state index is 5.79. The topological polar surface area (TPSA) is 12.9 Å². The fourth-order valence-electron chi connectivity index (χ4n) is 1.19. The number of hydrogen-bond acceptors (Lipinski definition) is 1. The van der Waals surface area contributed by atoms with Crippen LogP contribution in [0.15, 0.2) is 42.5 Å². The average molecular weight is 224 g/mol. The predicted molar refractivity (Wildman–Crippen MR) is 59.7 cm³/mol. The Morgan fingerprint density at radius 1 is 0.857 bits per heavy atom. The van der Waals surface area contributed by atoms with Gasteiger partial charge in [-0.3, -0.25) is 0 Å². The summed E-state index contributed by atoms with van der Waals surface area (Å²) in [5.41, 5.74) is 1.87. The van der Waals surface area contributed by atoms with Crippen LogP contribution in [0.3, 0.4) is 0 Å². The largest absolute Gasteiger partial charge is 0.236 e. The van der Waals surface area contributed by atoms with Crippen molar-refractivity contribution in [1.82, 2.24) is 4.98 Å². The molecule has 0 aliphatic heterocycles. The highest BCUT2D eigenvalue weighted by molar-refractivity contribution is 6.30. The van der Waals surface area contributed by atoms with Crippen molar-refractivity contribution in [3.63, 3.8) is 0 Å². The molecular formula is C11H7Cl2N. The van der Waals surface area contributed by atoms with E-state index in [4.69, 9.17) is 23.2 Å². The van der Waals surface area contributed by atoms with Crippen molar-refractivity contribution >= 4 is 23.2 Å². The molecule has 0 aliphatic carbocycles. The van der Waals surface area contributed by atoms with Gasteiger partial charge >= 0.3 is 0 Å². The SMILES string of the molecule is Clc1ccc(-c2cccc(Cl)n2)cc1. The number of nitrogens with zero attached hydrogens (tertiary/aromatic N) is 1. The van der Waals surface area contributed by atoms with Crippen molar-refractivity contribution in [2.45, 2.75) is 0 Å². The Labute approximate surface area is 92.3 Å². The second-order valence-electron chi connectivity index (χ2n) is 2.85. The molecule has 1 aromatic heterocycles. The van der Waals surface area contributed by atoms with Gasteiger partial charge in [0.1, 0.15) is 5.15 Å². The molecule has 1 heterocycles. The van der Waals surface area contributed by atoms with E-state index in [9.17, 15) is 0 Å². The number of benzene rings is 1. The van der Waals surface area contributed by atoms with Crippen LogP contribution < -0.4 is 0 Å². The van der Waals surface area contributed by atoms with E-state index in [1.54, 1.807) is 6.07 Å². The maximum Gasteiger partial charge on any atom is 0.129 e. The normalized spacial score (nSPS) is 10.1. The highest BCUT2D eigenvalue weighted by atomic mass is 35.5. The molecule has 3 heteroatoms. The van der Waals surface area contributed by atoms with Crippen LogP contribution in [0.25, 0.3) is 11.3 Å². The molecular weight excluding hydrogens is 217 g/mol. The van der Waals surface area contributed by atoms with E-state index in [2.05, 4.69) is 4.98 Å². The first-order chi connectivity index (χ1) is 6.75. The van der Waals surface area contributed by atoms with Gasteiger partial charge in [-0.2, -0.15) is 0 Å². The van der Waals surface area contributed by atoms with Gasteiger partial charge in [0.05, 0.1) is 5.69 Å². The molecule has 2 aromatic rings. The van der Waals surface area contributed by atoms with E-state index >= 15 is 0 Å². The lowest BCUT2D eigenvalue weighted by molar-refractivity contribution is 1.33. The van der Waals surface area contributed by atoms with E-state index in [0.717, 1.165) is 16.3 Å². The highest BCUT2D eigenvalue weighted by Gasteiger charge is 1.98. The van der Waals surface area contributed by atoms with Gasteiger partial charge in [-0.25, -0.2) is 4.98 Å². The minimum absolute atomic E-state index is 0.498. The smallest absolute Gasteiger partial charge is 0.129 e. The van der Waals surface area contributed by atoms with Gasteiger partial charge in [0.2, 0.25) is 0 Å². The third kappa shape index (κ3) is 2.06. The molecule has 0 saturated heterocycles. The summed E-state index contributed by atoms with van der Waals surface area (Å²) in [5, 5.41) is 1.22. The van der Waals surface area contributed by atoms with Gasteiger partial charge in [0.25, 0.3) is 0 Å². The lowest BCUT2D eigenvalue weighted by Crippen LogP contribution is -1.82. The van der Waals surface area contributed by atoms with Crippen molar-refractivity contribution in [3.8, 4) is 11.3 Å². The molecule has 0 fully saturated rings. The zero-order chi connectivity index (χ0) is 9.97. The van der Waals surface area contributed by atoms with Gasteiger partial charge < -0.3 is 0 Å². The molecule has 14 heavy (non-hydrogen) atoms. The molecule has 1 aromatic carbocycles. The molecule has 0 spiro atoms. The number of pyridine rings is 1. The fourth-order valence-corrected chi connectivity index (χ4v) is 1.48. The third-order valence-electron chi connectivity index (χ3n) is 1.86. The highest BCUT2D eigenvalue weighted by Crippen LogP contribution is 2.20. The Balaban J connectivity index is 2.44. The lowest BCUT2D eigenvalue weighted by Gasteiger charge is -2.00. The number of halogens is 2. The zero-order valence-corrected chi connectivity index (χ0v) is 8.76. The second kappa shape index (κ2) is 3.99. The van der Waals surface area contributed by atoms with Gasteiger partial charge in [0, 0.05) is 10.6 Å². The van der Waals surface area contributed by atoms with Crippen LogP contribution in [0.5, 0.6) is 0 Å². The fraction of sp³-hybridized carbons (Fsp3) is 0. The Bertz CT molecular complexity index is 437. The lowest BCUT2D eigenvalue weighted by atomic mass is 10.1. The Hall–Kier alpha value is -1.05. The van der Waals surface area contributed by atoms with Crippen LogP contribution in [0.1, 0.15) is 0 Å². The Morgan fingerprint density at radius 2 is 1.57 bits per heavy atom. The molecule has 1 nitrogen and oxygen atoms in total. The minimum atomic E-state index is 0.498. The summed E-state index contributed by atoms with van der Waals surface area (Å²) in [6, 6.07) is 13.0. The van der Waals surface area contributed by atoms with Crippen LogP contribution >= 0.6 is 23.2 Å². The summed E-state index contributed by atoms with van der Waals surface area (Å²) in [4.78, 5) is 4.20. The zero-order valence-electron chi connectivity index (χ0n) is 7.24. The van der Waals surface area contributed by atoms with E-state index in [-0.39, 0.29) is 0 Å². The number of aromatic nitrogens is 1. The first kappa shape index (κ1) is 9.50.